The summed E-state index contributed by atoms with van der Waals surface area (Å²) in [7, 11) is 0. The Bertz CT molecular complexity index is 1150. The molecule has 9 heteroatoms. The molecule has 2 atom stereocenters. The average Bonchev–Trinajstić information content (AvgIpc) is 2.82. The predicted molar refractivity (Wildman–Crippen MR) is 127 cm³/mol. The molecule has 2 N–H and O–H groups in total. The average molecular weight is 559 g/mol. The third-order valence-corrected chi connectivity index (χ3v) is 5.03. The summed E-state index contributed by atoms with van der Waals surface area (Å²) in [5.41, 5.74) is 0.532. The summed E-state index contributed by atoms with van der Waals surface area (Å²) in [6.45, 7) is 0. The van der Waals surface area contributed by atoms with Crippen LogP contribution in [-0.2, 0) is 19.1 Å². The molecule has 1 amide bonds. The zero-order valence-electron chi connectivity index (χ0n) is 17.0. The van der Waals surface area contributed by atoms with Gasteiger partial charge in [0, 0.05) is 9.26 Å². The number of hydrogen-bond acceptors (Lipinski definition) is 6. The first-order chi connectivity index (χ1) is 15.8. The molecule has 0 saturated heterocycles. The Morgan fingerprint density at radius 2 is 1.24 bits per heavy atom. The van der Waals surface area contributed by atoms with E-state index in [0.717, 1.165) is 3.57 Å². The van der Waals surface area contributed by atoms with Crippen molar-refractivity contribution < 1.29 is 33.8 Å². The van der Waals surface area contributed by atoms with E-state index in [1.54, 1.807) is 60.7 Å². The van der Waals surface area contributed by atoms with Crippen LogP contribution in [0.5, 0.6) is 0 Å². The number of nitrogens with one attached hydrogen (secondary N) is 1. The Kier molecular flexibility index (Phi) is 8.14. The zero-order chi connectivity index (χ0) is 23.8. The highest BCUT2D eigenvalue weighted by Crippen LogP contribution is 2.17. The van der Waals surface area contributed by atoms with Crippen LogP contribution in [0.2, 0.25) is 0 Å². The SMILES string of the molecule is O=C(O[C@H](C(=O)Nc1cccc(I)c1)[C@@H](OC(=O)c1ccccc1)C(=O)O)c1ccccc1. The fourth-order valence-electron chi connectivity index (χ4n) is 2.79. The molecule has 3 aromatic carbocycles. The van der Waals surface area contributed by atoms with Gasteiger partial charge in [-0.05, 0) is 65.1 Å². The van der Waals surface area contributed by atoms with Crippen molar-refractivity contribution in [2.24, 2.45) is 0 Å². The van der Waals surface area contributed by atoms with E-state index in [-0.39, 0.29) is 11.1 Å². The highest BCUT2D eigenvalue weighted by atomic mass is 127. The maximum atomic E-state index is 13.0. The highest BCUT2D eigenvalue weighted by molar-refractivity contribution is 14.1. The molecule has 0 fully saturated rings. The van der Waals surface area contributed by atoms with Gasteiger partial charge in [-0.1, -0.05) is 42.5 Å². The van der Waals surface area contributed by atoms with Gasteiger partial charge in [-0.25, -0.2) is 14.4 Å². The van der Waals surface area contributed by atoms with Gasteiger partial charge in [-0.3, -0.25) is 4.79 Å². The molecule has 0 unspecified atom stereocenters. The maximum Gasteiger partial charge on any atom is 0.349 e. The van der Waals surface area contributed by atoms with Crippen LogP contribution in [0.1, 0.15) is 20.7 Å². The molecule has 0 bridgehead atoms. The van der Waals surface area contributed by atoms with Crippen molar-refractivity contribution in [2.75, 3.05) is 5.32 Å². The minimum Gasteiger partial charge on any atom is -0.478 e. The third-order valence-electron chi connectivity index (χ3n) is 4.36. The van der Waals surface area contributed by atoms with Crippen molar-refractivity contribution in [1.29, 1.82) is 0 Å². The normalized spacial score (nSPS) is 12.2. The van der Waals surface area contributed by atoms with Crippen LogP contribution in [0.3, 0.4) is 0 Å². The second-order valence-electron chi connectivity index (χ2n) is 6.72. The van der Waals surface area contributed by atoms with Gasteiger partial charge >= 0.3 is 17.9 Å². The lowest BCUT2D eigenvalue weighted by atomic mass is 10.1. The van der Waals surface area contributed by atoms with Crippen LogP contribution in [0.15, 0.2) is 84.9 Å². The first-order valence-corrected chi connectivity index (χ1v) is 10.7. The molecular formula is C24H18INO7. The predicted octanol–water partition coefficient (Wildman–Crippen LogP) is 3.77. The van der Waals surface area contributed by atoms with Crippen molar-refractivity contribution in [3.63, 3.8) is 0 Å². The molecule has 8 nitrogen and oxygen atoms in total. The quantitative estimate of drug-likeness (QED) is 0.319. The Morgan fingerprint density at radius 3 is 1.73 bits per heavy atom. The number of halogens is 1. The van der Waals surface area contributed by atoms with Gasteiger partial charge in [0.2, 0.25) is 12.2 Å². The van der Waals surface area contributed by atoms with Gasteiger partial charge in [0.05, 0.1) is 11.1 Å². The summed E-state index contributed by atoms with van der Waals surface area (Å²) in [5.74, 6) is -4.54. The van der Waals surface area contributed by atoms with Crippen LogP contribution in [0, 0.1) is 3.57 Å². The number of esters is 2. The molecule has 3 aromatic rings. The molecule has 168 valence electrons. The van der Waals surface area contributed by atoms with Crippen LogP contribution >= 0.6 is 22.6 Å². The van der Waals surface area contributed by atoms with E-state index in [1.165, 1.54) is 24.3 Å². The van der Waals surface area contributed by atoms with Crippen LogP contribution in [0.4, 0.5) is 5.69 Å². The van der Waals surface area contributed by atoms with Gasteiger partial charge in [0.1, 0.15) is 0 Å². The molecule has 0 heterocycles. The first-order valence-electron chi connectivity index (χ1n) is 9.66. The largest absolute Gasteiger partial charge is 0.478 e. The molecule has 0 radical (unpaired) electrons. The minimum absolute atomic E-state index is 0.0786. The van der Waals surface area contributed by atoms with Crippen molar-refractivity contribution in [3.05, 3.63) is 99.6 Å². The number of benzene rings is 3. The summed E-state index contributed by atoms with van der Waals surface area (Å²) in [4.78, 5) is 50.1. The second-order valence-corrected chi connectivity index (χ2v) is 7.97. The number of ether oxygens (including phenoxy) is 2. The Hall–Kier alpha value is -3.73. The number of amides is 1. The molecular weight excluding hydrogens is 541 g/mol. The van der Waals surface area contributed by atoms with Crippen molar-refractivity contribution in [2.45, 2.75) is 12.2 Å². The van der Waals surface area contributed by atoms with Crippen molar-refractivity contribution in [3.8, 4) is 0 Å². The summed E-state index contributed by atoms with van der Waals surface area (Å²) in [5, 5.41) is 12.2. The third kappa shape index (κ3) is 6.62. The molecule has 0 aliphatic carbocycles. The first kappa shape index (κ1) is 23.9. The molecule has 0 saturated carbocycles. The summed E-state index contributed by atoms with van der Waals surface area (Å²) in [6, 6.07) is 22.1. The second kappa shape index (κ2) is 11.2. The smallest absolute Gasteiger partial charge is 0.349 e. The Labute approximate surface area is 202 Å². The van der Waals surface area contributed by atoms with Crippen LogP contribution in [0.25, 0.3) is 0 Å². The summed E-state index contributed by atoms with van der Waals surface area (Å²) in [6.07, 6.45) is -4.05. The van der Waals surface area contributed by atoms with Crippen molar-refractivity contribution >= 4 is 52.1 Å². The lowest BCUT2D eigenvalue weighted by molar-refractivity contribution is -0.157. The Morgan fingerprint density at radius 1 is 0.727 bits per heavy atom. The van der Waals surface area contributed by atoms with E-state index < -0.39 is 36.0 Å². The number of hydrogen-bond donors (Lipinski definition) is 2. The zero-order valence-corrected chi connectivity index (χ0v) is 19.2. The van der Waals surface area contributed by atoms with Crippen molar-refractivity contribution in [1.82, 2.24) is 0 Å². The lowest BCUT2D eigenvalue weighted by Gasteiger charge is -2.23. The summed E-state index contributed by atoms with van der Waals surface area (Å²) < 4.78 is 11.2. The fraction of sp³-hybridized carbons (Fsp3) is 0.0833. The van der Waals surface area contributed by atoms with Gasteiger partial charge in [0.25, 0.3) is 5.91 Å². The molecule has 33 heavy (non-hydrogen) atoms. The number of carboxylic acids is 1. The maximum absolute atomic E-state index is 13.0. The monoisotopic (exact) mass is 559 g/mol. The van der Waals surface area contributed by atoms with Gasteiger partial charge in [0.15, 0.2) is 0 Å². The van der Waals surface area contributed by atoms with E-state index in [2.05, 4.69) is 5.32 Å². The molecule has 0 spiro atoms. The molecule has 0 aliphatic rings. The van der Waals surface area contributed by atoms with E-state index in [4.69, 9.17) is 9.47 Å². The number of rotatable bonds is 8. The van der Waals surface area contributed by atoms with Gasteiger partial charge in [-0.2, -0.15) is 0 Å². The number of carboxylic acid groups (broad SMARTS) is 1. The standard InChI is InChI=1S/C24H18INO7/c25-17-12-7-13-18(14-17)26-21(27)19(32-23(30)15-8-3-1-4-9-15)20(22(28)29)33-24(31)16-10-5-2-6-11-16/h1-14,19-20H,(H,26,27)(H,28,29)/t19-,20+/m0/s1. The molecule has 3 rings (SSSR count). The van der Waals surface area contributed by atoms with E-state index in [9.17, 15) is 24.3 Å². The lowest BCUT2D eigenvalue weighted by Crippen LogP contribution is -2.48. The number of anilines is 1. The Balaban J connectivity index is 1.90. The summed E-state index contributed by atoms with van der Waals surface area (Å²) >= 11 is 2.04. The van der Waals surface area contributed by atoms with Gasteiger partial charge in [-0.15, -0.1) is 0 Å². The number of carbonyl (C=O) groups is 4. The fourth-order valence-corrected chi connectivity index (χ4v) is 3.33. The van der Waals surface area contributed by atoms with E-state index >= 15 is 0 Å². The molecule has 0 aliphatic heterocycles. The number of aliphatic carboxylic acids is 1. The van der Waals surface area contributed by atoms with Gasteiger partial charge < -0.3 is 19.9 Å². The number of carbonyl (C=O) groups excluding carboxylic acids is 3. The van der Waals surface area contributed by atoms with Crippen LogP contribution in [-0.4, -0.2) is 41.1 Å². The highest BCUT2D eigenvalue weighted by Gasteiger charge is 2.41. The van der Waals surface area contributed by atoms with Crippen LogP contribution < -0.4 is 5.32 Å². The van der Waals surface area contributed by atoms with E-state index in [0.29, 0.717) is 5.69 Å². The topological polar surface area (TPSA) is 119 Å². The van der Waals surface area contributed by atoms with E-state index in [1.807, 2.05) is 22.6 Å². The molecule has 0 aromatic heterocycles. The minimum atomic E-state index is -2.09.